The zero-order valence-electron chi connectivity index (χ0n) is 18.2. The van der Waals surface area contributed by atoms with Crippen molar-refractivity contribution in [2.24, 2.45) is 10.2 Å². The molecule has 158 valence electrons. The van der Waals surface area contributed by atoms with E-state index < -0.39 is 0 Å². The molecule has 2 aromatic rings. The van der Waals surface area contributed by atoms with Gasteiger partial charge in [-0.05, 0) is 62.8 Å². The number of hydrazone groups is 2. The molecule has 0 heterocycles. The van der Waals surface area contributed by atoms with Crippen molar-refractivity contribution in [1.82, 2.24) is 10.9 Å². The summed E-state index contributed by atoms with van der Waals surface area (Å²) in [5.41, 5.74) is 11.5. The molecule has 0 aliphatic heterocycles. The zero-order chi connectivity index (χ0) is 21.9. The van der Waals surface area contributed by atoms with Crippen molar-refractivity contribution in [1.29, 1.82) is 0 Å². The maximum absolute atomic E-state index is 11.9. The topological polar surface area (TPSA) is 82.9 Å². The summed E-state index contributed by atoms with van der Waals surface area (Å²) in [7, 11) is 0. The number of carbonyl (C=O) groups is 2. The maximum Gasteiger partial charge on any atom is 0.240 e. The standard InChI is InChI=1S/C24H30N4O2/c1-17-9-11-19(3)21(13-17)15-25-27-23(29)7-5-6-8-24(30)28-26-16-22-14-18(2)10-12-20(22)4/h9-16H,5-8H2,1-4H3,(H,27,29)(H,28,30)/b25-15-,26-16-. The first-order valence-electron chi connectivity index (χ1n) is 10.1. The number of aryl methyl sites for hydroxylation is 4. The number of unbranched alkanes of at least 4 members (excludes halogenated alkanes) is 1. The Hall–Kier alpha value is -3.28. The van der Waals surface area contributed by atoms with Gasteiger partial charge < -0.3 is 0 Å². The van der Waals surface area contributed by atoms with E-state index in [1.165, 1.54) is 0 Å². The van der Waals surface area contributed by atoms with E-state index in [1.54, 1.807) is 12.4 Å². The molecule has 0 saturated carbocycles. The van der Waals surface area contributed by atoms with Gasteiger partial charge in [0, 0.05) is 12.8 Å². The van der Waals surface area contributed by atoms with Crippen LogP contribution < -0.4 is 10.9 Å². The number of nitrogens with one attached hydrogen (secondary N) is 2. The molecule has 0 bridgehead atoms. The molecule has 0 radical (unpaired) electrons. The lowest BCUT2D eigenvalue weighted by Crippen LogP contribution is -2.19. The summed E-state index contributed by atoms with van der Waals surface area (Å²) in [6.07, 6.45) is 5.17. The number of amides is 2. The van der Waals surface area contributed by atoms with Gasteiger partial charge in [-0.3, -0.25) is 9.59 Å². The lowest BCUT2D eigenvalue weighted by molar-refractivity contribution is -0.123. The van der Waals surface area contributed by atoms with Crippen LogP contribution >= 0.6 is 0 Å². The van der Waals surface area contributed by atoms with Gasteiger partial charge in [0.2, 0.25) is 11.8 Å². The molecule has 0 unspecified atom stereocenters. The van der Waals surface area contributed by atoms with E-state index >= 15 is 0 Å². The smallest absolute Gasteiger partial charge is 0.240 e. The van der Waals surface area contributed by atoms with Gasteiger partial charge in [0.05, 0.1) is 12.4 Å². The fraction of sp³-hybridized carbons (Fsp3) is 0.333. The molecule has 2 aromatic carbocycles. The summed E-state index contributed by atoms with van der Waals surface area (Å²) in [4.78, 5) is 23.7. The second-order valence-electron chi connectivity index (χ2n) is 7.51. The van der Waals surface area contributed by atoms with Crippen LogP contribution in [0.2, 0.25) is 0 Å². The van der Waals surface area contributed by atoms with E-state index in [2.05, 4.69) is 21.1 Å². The highest BCUT2D eigenvalue weighted by molar-refractivity contribution is 5.85. The van der Waals surface area contributed by atoms with Crippen LogP contribution in [0.4, 0.5) is 0 Å². The molecule has 2 N–H and O–H groups in total. The SMILES string of the molecule is Cc1ccc(C)c(/C=N\NC(=O)CCCCC(=O)N/N=C\c2cc(C)ccc2C)c1. The van der Waals surface area contributed by atoms with Crippen LogP contribution in [0.25, 0.3) is 0 Å². The Balaban J connectivity index is 1.64. The summed E-state index contributed by atoms with van der Waals surface area (Å²) < 4.78 is 0. The summed E-state index contributed by atoms with van der Waals surface area (Å²) >= 11 is 0. The van der Waals surface area contributed by atoms with Crippen molar-refractivity contribution < 1.29 is 9.59 Å². The van der Waals surface area contributed by atoms with Crippen LogP contribution in [-0.4, -0.2) is 24.2 Å². The van der Waals surface area contributed by atoms with Crippen molar-refractivity contribution in [3.63, 3.8) is 0 Å². The molecule has 0 spiro atoms. The van der Waals surface area contributed by atoms with E-state index in [9.17, 15) is 9.59 Å². The second-order valence-corrected chi connectivity index (χ2v) is 7.51. The number of hydrogen-bond acceptors (Lipinski definition) is 4. The molecule has 0 fully saturated rings. The third kappa shape index (κ3) is 7.99. The first kappa shape index (κ1) is 23.0. The van der Waals surface area contributed by atoms with Crippen LogP contribution in [-0.2, 0) is 9.59 Å². The Morgan fingerprint density at radius 3 is 1.53 bits per heavy atom. The summed E-state index contributed by atoms with van der Waals surface area (Å²) in [5.74, 6) is -0.324. The normalized spacial score (nSPS) is 11.2. The van der Waals surface area contributed by atoms with Gasteiger partial charge in [-0.25, -0.2) is 10.9 Å². The van der Waals surface area contributed by atoms with E-state index in [0.717, 1.165) is 33.4 Å². The van der Waals surface area contributed by atoms with Crippen molar-refractivity contribution in [2.75, 3.05) is 0 Å². The fourth-order valence-corrected chi connectivity index (χ4v) is 2.83. The first-order valence-corrected chi connectivity index (χ1v) is 10.1. The molecule has 30 heavy (non-hydrogen) atoms. The minimum atomic E-state index is -0.162. The lowest BCUT2D eigenvalue weighted by atomic mass is 10.1. The van der Waals surface area contributed by atoms with Crippen molar-refractivity contribution in [3.05, 3.63) is 69.8 Å². The monoisotopic (exact) mass is 406 g/mol. The molecule has 2 rings (SSSR count). The molecule has 0 aliphatic rings. The average Bonchev–Trinajstić information content (AvgIpc) is 2.70. The highest BCUT2D eigenvalue weighted by atomic mass is 16.2. The summed E-state index contributed by atoms with van der Waals surface area (Å²) in [6, 6.07) is 12.2. The Morgan fingerprint density at radius 1 is 0.733 bits per heavy atom. The van der Waals surface area contributed by atoms with Gasteiger partial charge in [-0.15, -0.1) is 0 Å². The number of rotatable bonds is 9. The molecule has 0 aromatic heterocycles. The highest BCUT2D eigenvalue weighted by Crippen LogP contribution is 2.09. The van der Waals surface area contributed by atoms with Crippen molar-refractivity contribution in [3.8, 4) is 0 Å². The largest absolute Gasteiger partial charge is 0.273 e. The van der Waals surface area contributed by atoms with Gasteiger partial charge >= 0.3 is 0 Å². The van der Waals surface area contributed by atoms with E-state index in [-0.39, 0.29) is 11.8 Å². The number of benzene rings is 2. The predicted molar refractivity (Wildman–Crippen MR) is 122 cm³/mol. The van der Waals surface area contributed by atoms with Gasteiger partial charge in [0.15, 0.2) is 0 Å². The Kier molecular flexibility index (Phi) is 8.94. The van der Waals surface area contributed by atoms with Gasteiger partial charge in [-0.1, -0.05) is 47.5 Å². The molecular weight excluding hydrogens is 376 g/mol. The van der Waals surface area contributed by atoms with Crippen LogP contribution in [0.15, 0.2) is 46.6 Å². The van der Waals surface area contributed by atoms with Gasteiger partial charge in [0.1, 0.15) is 0 Å². The number of hydrogen-bond donors (Lipinski definition) is 2. The number of carbonyl (C=O) groups excluding carboxylic acids is 2. The Labute approximate surface area is 178 Å². The third-order valence-electron chi connectivity index (χ3n) is 4.71. The molecular formula is C24H30N4O2. The van der Waals surface area contributed by atoms with Crippen LogP contribution in [0.3, 0.4) is 0 Å². The molecule has 0 saturated heterocycles. The van der Waals surface area contributed by atoms with Crippen LogP contribution in [0.5, 0.6) is 0 Å². The van der Waals surface area contributed by atoms with E-state index in [1.807, 2.05) is 64.1 Å². The van der Waals surface area contributed by atoms with Crippen LogP contribution in [0.1, 0.15) is 59.1 Å². The van der Waals surface area contributed by atoms with E-state index in [4.69, 9.17) is 0 Å². The highest BCUT2D eigenvalue weighted by Gasteiger charge is 2.03. The Morgan fingerprint density at radius 2 is 1.13 bits per heavy atom. The molecule has 6 heteroatoms. The Bertz CT molecular complexity index is 871. The van der Waals surface area contributed by atoms with Crippen LogP contribution in [0, 0.1) is 27.7 Å². The average molecular weight is 407 g/mol. The second kappa shape index (κ2) is 11.7. The quantitative estimate of drug-likeness (QED) is 0.374. The lowest BCUT2D eigenvalue weighted by Gasteiger charge is -2.03. The minimum Gasteiger partial charge on any atom is -0.273 e. The fourth-order valence-electron chi connectivity index (χ4n) is 2.83. The first-order chi connectivity index (χ1) is 14.3. The van der Waals surface area contributed by atoms with E-state index in [0.29, 0.717) is 25.7 Å². The maximum atomic E-state index is 11.9. The minimum absolute atomic E-state index is 0.162. The van der Waals surface area contributed by atoms with Gasteiger partial charge in [-0.2, -0.15) is 10.2 Å². The summed E-state index contributed by atoms with van der Waals surface area (Å²) in [6.45, 7) is 8.03. The number of nitrogens with zero attached hydrogens (tertiary/aromatic N) is 2. The van der Waals surface area contributed by atoms with Gasteiger partial charge in [0.25, 0.3) is 0 Å². The predicted octanol–water partition coefficient (Wildman–Crippen LogP) is 4.08. The summed E-state index contributed by atoms with van der Waals surface area (Å²) in [5, 5.41) is 8.03. The molecule has 2 amide bonds. The van der Waals surface area contributed by atoms with Crippen molar-refractivity contribution >= 4 is 24.2 Å². The molecule has 6 nitrogen and oxygen atoms in total. The molecule has 0 aliphatic carbocycles. The zero-order valence-corrected chi connectivity index (χ0v) is 18.2. The molecule has 0 atom stereocenters. The van der Waals surface area contributed by atoms with Crippen molar-refractivity contribution in [2.45, 2.75) is 53.4 Å². The third-order valence-corrected chi connectivity index (χ3v) is 4.71.